The van der Waals surface area contributed by atoms with Crippen LogP contribution in [-0.2, 0) is 4.79 Å². The molecule has 4 heteroatoms. The molecule has 0 radical (unpaired) electrons. The molecule has 3 N–H and O–H groups in total. The number of hydrogen-bond acceptors (Lipinski definition) is 2. The largest absolute Gasteiger partial charge is 0.392 e. The van der Waals surface area contributed by atoms with Crippen molar-refractivity contribution < 1.29 is 4.79 Å². The fraction of sp³-hybridized carbons (Fsp3) is 0.818. The third kappa shape index (κ3) is 2.30. The van der Waals surface area contributed by atoms with Crippen LogP contribution in [0, 0.1) is 11.3 Å². The summed E-state index contributed by atoms with van der Waals surface area (Å²) in [6.45, 7) is 6.04. The van der Waals surface area contributed by atoms with E-state index in [9.17, 15) is 4.79 Å². The minimum Gasteiger partial charge on any atom is -0.392 e. The summed E-state index contributed by atoms with van der Waals surface area (Å²) in [5.41, 5.74) is 5.05. The summed E-state index contributed by atoms with van der Waals surface area (Å²) in [4.78, 5) is 12.4. The molecule has 86 valence electrons. The molecule has 1 saturated carbocycles. The second-order valence-corrected chi connectivity index (χ2v) is 4.89. The van der Waals surface area contributed by atoms with Gasteiger partial charge in [-0.25, -0.2) is 0 Å². The lowest BCUT2D eigenvalue weighted by molar-refractivity contribution is -0.128. The van der Waals surface area contributed by atoms with Crippen molar-refractivity contribution in [2.75, 3.05) is 0 Å². The minimum absolute atomic E-state index is 0.00866. The fourth-order valence-electron chi connectivity index (χ4n) is 1.86. The average molecular weight is 228 g/mol. The molecule has 0 aliphatic heterocycles. The van der Waals surface area contributed by atoms with E-state index < -0.39 is 5.41 Å². The Balaban J connectivity index is 2.70. The first-order valence-corrected chi connectivity index (χ1v) is 5.99. The highest BCUT2D eigenvalue weighted by atomic mass is 32.1. The van der Waals surface area contributed by atoms with E-state index in [-0.39, 0.29) is 5.91 Å². The number of nitrogens with two attached hydrogens (primary N) is 1. The van der Waals surface area contributed by atoms with Gasteiger partial charge >= 0.3 is 0 Å². The molecule has 1 aliphatic rings. The zero-order valence-corrected chi connectivity index (χ0v) is 10.5. The Kier molecular flexibility index (Phi) is 3.71. The predicted octanol–water partition coefficient (Wildman–Crippen LogP) is 1.60. The SMILES string of the molecule is CCC(CC)(C(=O)NC1CC1C)C(N)=S. The maximum absolute atomic E-state index is 12.1. The maximum atomic E-state index is 12.1. The highest BCUT2D eigenvalue weighted by molar-refractivity contribution is 7.80. The van der Waals surface area contributed by atoms with E-state index >= 15 is 0 Å². The van der Waals surface area contributed by atoms with Gasteiger partial charge < -0.3 is 11.1 Å². The zero-order chi connectivity index (χ0) is 11.6. The highest BCUT2D eigenvalue weighted by Crippen LogP contribution is 2.33. The molecule has 0 bridgehead atoms. The van der Waals surface area contributed by atoms with Gasteiger partial charge in [-0.15, -0.1) is 0 Å². The second kappa shape index (κ2) is 4.47. The number of hydrogen-bond donors (Lipinski definition) is 2. The first-order valence-electron chi connectivity index (χ1n) is 5.58. The summed E-state index contributed by atoms with van der Waals surface area (Å²) in [5, 5.41) is 3.02. The number of carbonyl (C=O) groups is 1. The Bertz CT molecular complexity index is 274. The van der Waals surface area contributed by atoms with E-state index in [1.54, 1.807) is 0 Å². The zero-order valence-electron chi connectivity index (χ0n) is 9.67. The van der Waals surface area contributed by atoms with Crippen molar-refractivity contribution in [1.82, 2.24) is 5.32 Å². The average Bonchev–Trinajstić information content (AvgIpc) is 2.84. The molecule has 1 rings (SSSR count). The van der Waals surface area contributed by atoms with Crippen molar-refractivity contribution >= 4 is 23.1 Å². The van der Waals surface area contributed by atoms with Crippen molar-refractivity contribution in [1.29, 1.82) is 0 Å². The first kappa shape index (κ1) is 12.4. The van der Waals surface area contributed by atoms with Gasteiger partial charge in [-0.2, -0.15) is 0 Å². The van der Waals surface area contributed by atoms with Crippen molar-refractivity contribution in [2.45, 2.75) is 46.1 Å². The molecule has 1 fully saturated rings. The summed E-state index contributed by atoms with van der Waals surface area (Å²) >= 11 is 5.02. The van der Waals surface area contributed by atoms with Gasteiger partial charge in [-0.1, -0.05) is 33.0 Å². The molecule has 0 heterocycles. The van der Waals surface area contributed by atoms with Crippen LogP contribution in [0.4, 0.5) is 0 Å². The Hall–Kier alpha value is -0.640. The van der Waals surface area contributed by atoms with Crippen LogP contribution in [0.5, 0.6) is 0 Å². The van der Waals surface area contributed by atoms with Crippen LogP contribution in [0.25, 0.3) is 0 Å². The minimum atomic E-state index is -0.641. The Morgan fingerprint density at radius 1 is 1.53 bits per heavy atom. The van der Waals surface area contributed by atoms with Gasteiger partial charge in [0.25, 0.3) is 0 Å². The molecule has 0 aromatic carbocycles. The summed E-state index contributed by atoms with van der Waals surface area (Å²) in [6, 6.07) is 0.337. The lowest BCUT2D eigenvalue weighted by Crippen LogP contribution is -2.49. The first-order chi connectivity index (χ1) is 6.97. The predicted molar refractivity (Wildman–Crippen MR) is 65.5 cm³/mol. The van der Waals surface area contributed by atoms with Crippen LogP contribution in [-0.4, -0.2) is 16.9 Å². The number of rotatable bonds is 5. The molecule has 3 nitrogen and oxygen atoms in total. The quantitative estimate of drug-likeness (QED) is 0.703. The van der Waals surface area contributed by atoms with E-state index in [0.717, 1.165) is 6.42 Å². The smallest absolute Gasteiger partial charge is 0.233 e. The summed E-state index contributed by atoms with van der Waals surface area (Å²) in [7, 11) is 0. The molecule has 1 aliphatic carbocycles. The fourth-order valence-corrected chi connectivity index (χ4v) is 2.24. The number of carbonyl (C=O) groups excluding carboxylic acids is 1. The van der Waals surface area contributed by atoms with Gasteiger partial charge in [0.05, 0.1) is 10.4 Å². The highest BCUT2D eigenvalue weighted by Gasteiger charge is 2.42. The van der Waals surface area contributed by atoms with E-state index in [1.807, 2.05) is 13.8 Å². The van der Waals surface area contributed by atoms with Crippen molar-refractivity contribution in [2.24, 2.45) is 17.1 Å². The van der Waals surface area contributed by atoms with E-state index in [4.69, 9.17) is 18.0 Å². The number of amides is 1. The molecule has 2 unspecified atom stereocenters. The van der Waals surface area contributed by atoms with Gasteiger partial charge in [0.2, 0.25) is 5.91 Å². The van der Waals surface area contributed by atoms with Gasteiger partial charge in [0.1, 0.15) is 0 Å². The van der Waals surface area contributed by atoms with Gasteiger partial charge in [-0.3, -0.25) is 4.79 Å². The maximum Gasteiger partial charge on any atom is 0.233 e. The van der Waals surface area contributed by atoms with Gasteiger partial charge in [0, 0.05) is 6.04 Å². The second-order valence-electron chi connectivity index (χ2n) is 4.45. The molecule has 15 heavy (non-hydrogen) atoms. The van der Waals surface area contributed by atoms with E-state index in [1.165, 1.54) is 0 Å². The van der Waals surface area contributed by atoms with Crippen molar-refractivity contribution in [3.63, 3.8) is 0 Å². The van der Waals surface area contributed by atoms with Gasteiger partial charge in [0.15, 0.2) is 0 Å². The molecule has 0 spiro atoms. The Labute approximate surface area is 96.8 Å². The van der Waals surface area contributed by atoms with Gasteiger partial charge in [-0.05, 0) is 25.2 Å². The normalized spacial score (nSPS) is 24.7. The molecule has 2 atom stereocenters. The molecule has 0 saturated heterocycles. The third-order valence-electron chi connectivity index (χ3n) is 3.54. The van der Waals surface area contributed by atoms with Crippen LogP contribution in [0.15, 0.2) is 0 Å². The lowest BCUT2D eigenvalue weighted by Gasteiger charge is -2.29. The van der Waals surface area contributed by atoms with Crippen LogP contribution in [0.1, 0.15) is 40.0 Å². The topological polar surface area (TPSA) is 55.1 Å². The Morgan fingerprint density at radius 2 is 2.00 bits per heavy atom. The van der Waals surface area contributed by atoms with E-state index in [0.29, 0.717) is 29.8 Å². The Morgan fingerprint density at radius 3 is 2.27 bits per heavy atom. The number of thiocarbonyl (C=S) groups is 1. The summed E-state index contributed by atoms with van der Waals surface area (Å²) in [6.07, 6.45) is 2.42. The third-order valence-corrected chi connectivity index (χ3v) is 3.93. The monoisotopic (exact) mass is 228 g/mol. The van der Waals surface area contributed by atoms with Crippen LogP contribution in [0.2, 0.25) is 0 Å². The summed E-state index contributed by atoms with van der Waals surface area (Å²) < 4.78 is 0. The van der Waals surface area contributed by atoms with Crippen molar-refractivity contribution in [3.8, 4) is 0 Å². The van der Waals surface area contributed by atoms with E-state index in [2.05, 4.69) is 12.2 Å². The van der Waals surface area contributed by atoms with Crippen LogP contribution < -0.4 is 11.1 Å². The van der Waals surface area contributed by atoms with Crippen LogP contribution >= 0.6 is 12.2 Å². The number of nitrogens with one attached hydrogen (secondary N) is 1. The molecule has 0 aromatic heterocycles. The molecule has 1 amide bonds. The molecular formula is C11H20N2OS. The lowest BCUT2D eigenvalue weighted by atomic mass is 9.81. The molecule has 0 aromatic rings. The van der Waals surface area contributed by atoms with Crippen LogP contribution in [0.3, 0.4) is 0 Å². The van der Waals surface area contributed by atoms with Crippen molar-refractivity contribution in [3.05, 3.63) is 0 Å². The molecular weight excluding hydrogens is 208 g/mol. The standard InChI is InChI=1S/C11H20N2OS/c1-4-11(5-2,9(12)15)10(14)13-8-6-7(8)3/h7-8H,4-6H2,1-3H3,(H2,12,15)(H,13,14). The summed E-state index contributed by atoms with van der Waals surface area (Å²) in [5.74, 6) is 0.612.